The van der Waals surface area contributed by atoms with Crippen LogP contribution in [0.25, 0.3) is 0 Å². The Labute approximate surface area is 182 Å². The lowest BCUT2D eigenvalue weighted by molar-refractivity contribution is 0.383. The molecule has 0 unspecified atom stereocenters. The number of nitrogens with zero attached hydrogens (tertiary/aromatic N) is 7. The highest BCUT2D eigenvalue weighted by molar-refractivity contribution is 7.89. The van der Waals surface area contributed by atoms with Gasteiger partial charge in [-0.15, -0.1) is 0 Å². The number of aryl methyl sites for hydroxylation is 2. The lowest BCUT2D eigenvalue weighted by Gasteiger charge is -2.34. The lowest BCUT2D eigenvalue weighted by Crippen LogP contribution is -2.49. The first kappa shape index (κ1) is 21.2. The van der Waals surface area contributed by atoms with Crippen LogP contribution < -0.4 is 10.2 Å². The van der Waals surface area contributed by atoms with Crippen LogP contribution in [0.1, 0.15) is 18.3 Å². The van der Waals surface area contributed by atoms with Gasteiger partial charge in [-0.1, -0.05) is 6.07 Å². The maximum Gasteiger partial charge on any atom is 0.246 e. The molecule has 3 aromatic rings. The summed E-state index contributed by atoms with van der Waals surface area (Å²) in [6.45, 7) is 7.99. The molecule has 164 valence electrons. The van der Waals surface area contributed by atoms with Crippen molar-refractivity contribution in [1.82, 2.24) is 29.0 Å². The standard InChI is InChI=1S/C20H26N8O2S/c1-4-28-16(3)20(15(2)25-28)31(29,30)27-11-9-26(10-12-27)19-13-18(22-14-23-19)24-17-7-5-6-8-21-17/h5-8,13-14H,4,9-12H2,1-3H3,(H,21,22,23,24). The SMILES string of the molecule is CCn1nc(C)c(S(=O)(=O)N2CCN(c3cc(Nc4ccccn4)ncn3)CC2)c1C. The molecular weight excluding hydrogens is 416 g/mol. The number of sulfonamides is 1. The summed E-state index contributed by atoms with van der Waals surface area (Å²) in [5.41, 5.74) is 1.23. The highest BCUT2D eigenvalue weighted by Crippen LogP contribution is 2.26. The third-order valence-corrected chi connectivity index (χ3v) is 7.50. The molecule has 31 heavy (non-hydrogen) atoms. The number of nitrogens with one attached hydrogen (secondary N) is 1. The quantitative estimate of drug-likeness (QED) is 0.617. The van der Waals surface area contributed by atoms with Gasteiger partial charge < -0.3 is 10.2 Å². The number of piperazine rings is 1. The Bertz CT molecular complexity index is 1160. The van der Waals surface area contributed by atoms with Crippen molar-refractivity contribution in [3.63, 3.8) is 0 Å². The first-order valence-electron chi connectivity index (χ1n) is 10.2. The summed E-state index contributed by atoms with van der Waals surface area (Å²) in [7, 11) is -3.60. The third kappa shape index (κ3) is 4.23. The average Bonchev–Trinajstić information content (AvgIpc) is 3.08. The minimum atomic E-state index is -3.60. The molecule has 1 aliphatic rings. The summed E-state index contributed by atoms with van der Waals surface area (Å²) in [5, 5.41) is 7.52. The van der Waals surface area contributed by atoms with Crippen LogP contribution in [-0.4, -0.2) is 63.6 Å². The highest BCUT2D eigenvalue weighted by atomic mass is 32.2. The normalized spacial score (nSPS) is 15.3. The fourth-order valence-corrected chi connectivity index (χ4v) is 5.60. The van der Waals surface area contributed by atoms with E-state index < -0.39 is 10.0 Å². The molecule has 0 aliphatic carbocycles. The molecule has 1 saturated heterocycles. The molecule has 0 aromatic carbocycles. The Morgan fingerprint density at radius 1 is 1.03 bits per heavy atom. The second-order valence-corrected chi connectivity index (χ2v) is 9.18. The second-order valence-electron chi connectivity index (χ2n) is 7.31. The van der Waals surface area contributed by atoms with E-state index in [-0.39, 0.29) is 0 Å². The van der Waals surface area contributed by atoms with E-state index in [0.29, 0.717) is 60.6 Å². The van der Waals surface area contributed by atoms with Gasteiger partial charge in [0.05, 0.1) is 11.4 Å². The fourth-order valence-electron chi connectivity index (χ4n) is 3.80. The molecule has 4 heterocycles. The average molecular weight is 443 g/mol. The van der Waals surface area contributed by atoms with Gasteiger partial charge in [-0.25, -0.2) is 23.4 Å². The van der Waals surface area contributed by atoms with Gasteiger partial charge in [0.2, 0.25) is 10.0 Å². The van der Waals surface area contributed by atoms with Crippen molar-refractivity contribution in [2.45, 2.75) is 32.2 Å². The van der Waals surface area contributed by atoms with Crippen molar-refractivity contribution < 1.29 is 8.42 Å². The van der Waals surface area contributed by atoms with E-state index in [1.54, 1.807) is 17.8 Å². The van der Waals surface area contributed by atoms with Gasteiger partial charge in [-0.3, -0.25) is 4.68 Å². The molecule has 11 heteroatoms. The van der Waals surface area contributed by atoms with Gasteiger partial charge >= 0.3 is 0 Å². The molecule has 4 rings (SSSR count). The van der Waals surface area contributed by atoms with Crippen molar-refractivity contribution in [2.75, 3.05) is 36.4 Å². The Balaban J connectivity index is 1.47. The Morgan fingerprint density at radius 2 is 1.81 bits per heavy atom. The van der Waals surface area contributed by atoms with Crippen molar-refractivity contribution in [2.24, 2.45) is 0 Å². The number of pyridine rings is 1. The van der Waals surface area contributed by atoms with Gasteiger partial charge in [-0.05, 0) is 32.9 Å². The van der Waals surface area contributed by atoms with E-state index in [2.05, 4.69) is 30.3 Å². The first-order valence-corrected chi connectivity index (χ1v) is 11.6. The van der Waals surface area contributed by atoms with Gasteiger partial charge in [0, 0.05) is 45.0 Å². The second kappa shape index (κ2) is 8.60. The van der Waals surface area contributed by atoms with Crippen LogP contribution in [0.15, 0.2) is 41.7 Å². The molecule has 1 fully saturated rings. The number of rotatable bonds is 6. The third-order valence-electron chi connectivity index (χ3n) is 5.35. The van der Waals surface area contributed by atoms with Crippen LogP contribution in [0.4, 0.5) is 17.5 Å². The van der Waals surface area contributed by atoms with Gasteiger partial charge in [-0.2, -0.15) is 9.40 Å². The van der Waals surface area contributed by atoms with Crippen LogP contribution in [0.5, 0.6) is 0 Å². The zero-order valence-electron chi connectivity index (χ0n) is 17.9. The molecule has 3 aromatic heterocycles. The Kier molecular flexibility index (Phi) is 5.88. The molecular formula is C20H26N8O2S. The summed E-state index contributed by atoms with van der Waals surface area (Å²) in [5.74, 6) is 2.08. The van der Waals surface area contributed by atoms with Crippen molar-refractivity contribution in [1.29, 1.82) is 0 Å². The highest BCUT2D eigenvalue weighted by Gasteiger charge is 2.33. The predicted octanol–water partition coefficient (Wildman–Crippen LogP) is 1.96. The largest absolute Gasteiger partial charge is 0.354 e. The Hall–Kier alpha value is -3.05. The minimum absolute atomic E-state index is 0.326. The summed E-state index contributed by atoms with van der Waals surface area (Å²) in [6.07, 6.45) is 3.20. The molecule has 1 aliphatic heterocycles. The predicted molar refractivity (Wildman–Crippen MR) is 118 cm³/mol. The molecule has 0 amide bonds. The van der Waals surface area contributed by atoms with Crippen LogP contribution >= 0.6 is 0 Å². The zero-order chi connectivity index (χ0) is 22.0. The maximum absolute atomic E-state index is 13.3. The minimum Gasteiger partial charge on any atom is -0.354 e. The smallest absolute Gasteiger partial charge is 0.246 e. The number of aromatic nitrogens is 5. The van der Waals surface area contributed by atoms with Gasteiger partial charge in [0.25, 0.3) is 0 Å². The maximum atomic E-state index is 13.3. The fraction of sp³-hybridized carbons (Fsp3) is 0.400. The molecule has 1 N–H and O–H groups in total. The topological polar surface area (TPSA) is 109 Å². The van der Waals surface area contributed by atoms with Crippen molar-refractivity contribution >= 4 is 27.5 Å². The molecule has 0 saturated carbocycles. The Morgan fingerprint density at radius 3 is 2.45 bits per heavy atom. The van der Waals surface area contributed by atoms with Crippen molar-refractivity contribution in [3.8, 4) is 0 Å². The van der Waals surface area contributed by atoms with Gasteiger partial charge in [0.15, 0.2) is 0 Å². The van der Waals surface area contributed by atoms with Crippen LogP contribution in [0, 0.1) is 13.8 Å². The van der Waals surface area contributed by atoms with Crippen LogP contribution in [0.2, 0.25) is 0 Å². The van der Waals surface area contributed by atoms with Gasteiger partial charge in [0.1, 0.15) is 28.7 Å². The number of hydrogen-bond donors (Lipinski definition) is 1. The molecule has 0 atom stereocenters. The van der Waals surface area contributed by atoms with Crippen LogP contribution in [-0.2, 0) is 16.6 Å². The van der Waals surface area contributed by atoms with E-state index in [0.717, 1.165) is 5.82 Å². The van der Waals surface area contributed by atoms with E-state index in [4.69, 9.17) is 0 Å². The molecule has 0 radical (unpaired) electrons. The monoisotopic (exact) mass is 442 g/mol. The number of anilines is 3. The zero-order valence-corrected chi connectivity index (χ0v) is 18.7. The lowest BCUT2D eigenvalue weighted by atomic mass is 10.3. The van der Waals surface area contributed by atoms with E-state index in [9.17, 15) is 8.42 Å². The molecule has 0 spiro atoms. The molecule has 10 nitrogen and oxygen atoms in total. The van der Waals surface area contributed by atoms with E-state index >= 15 is 0 Å². The van der Waals surface area contributed by atoms with E-state index in [1.807, 2.05) is 38.1 Å². The van der Waals surface area contributed by atoms with E-state index in [1.165, 1.54) is 10.6 Å². The summed E-state index contributed by atoms with van der Waals surface area (Å²) in [6, 6.07) is 7.44. The summed E-state index contributed by atoms with van der Waals surface area (Å²) in [4.78, 5) is 15.2. The van der Waals surface area contributed by atoms with Crippen LogP contribution in [0.3, 0.4) is 0 Å². The van der Waals surface area contributed by atoms with Crippen molar-refractivity contribution in [3.05, 3.63) is 48.2 Å². The first-order chi connectivity index (χ1) is 14.9. The number of hydrogen-bond acceptors (Lipinski definition) is 8. The summed E-state index contributed by atoms with van der Waals surface area (Å²) >= 11 is 0. The molecule has 0 bridgehead atoms. The summed E-state index contributed by atoms with van der Waals surface area (Å²) < 4.78 is 29.8.